The molecule has 0 radical (unpaired) electrons. The topological polar surface area (TPSA) is 0 Å². The summed E-state index contributed by atoms with van der Waals surface area (Å²) in [5.74, 6) is 0. The molecule has 0 nitrogen and oxygen atoms in total. The molecule has 0 amide bonds. The van der Waals surface area contributed by atoms with Crippen molar-refractivity contribution in [3.05, 3.63) is 0 Å². The zero-order valence-electron chi connectivity index (χ0n) is 3.97. The summed E-state index contributed by atoms with van der Waals surface area (Å²) in [5, 5.41) is 0. The van der Waals surface area contributed by atoms with Crippen molar-refractivity contribution in [2.24, 2.45) is 0 Å². The first kappa shape index (κ1) is 11.5. The van der Waals surface area contributed by atoms with Crippen LogP contribution in [-0.4, -0.2) is 16.5 Å². The molecule has 0 heterocycles. The fourth-order valence-electron chi connectivity index (χ4n) is 0.227. The summed E-state index contributed by atoms with van der Waals surface area (Å²) in [6.07, 6.45) is 0. The number of halogens is 6. The van der Waals surface area contributed by atoms with Gasteiger partial charge >= 0.3 is 84.6 Å². The van der Waals surface area contributed by atoms with Gasteiger partial charge in [0, 0.05) is 0 Å². The Hall–Kier alpha value is 2.50. The van der Waals surface area contributed by atoms with Crippen LogP contribution < -0.4 is 0 Å². The van der Waals surface area contributed by atoms with Gasteiger partial charge in [-0.05, 0) is 0 Å². The fraction of sp³-hybridized carbons (Fsp3) is 1.00. The normalized spacial score (nSPS) is 14.0. The van der Waals surface area contributed by atoms with Crippen molar-refractivity contribution in [3.8, 4) is 0 Å². The van der Waals surface area contributed by atoms with E-state index in [1.165, 1.54) is 0 Å². The third-order valence-corrected chi connectivity index (χ3v) is 18.7. The molecular weight excluding hydrogens is 325 g/mol. The van der Waals surface area contributed by atoms with Crippen LogP contribution in [0.5, 0.6) is 0 Å². The van der Waals surface area contributed by atoms with Crippen LogP contribution in [0, 0.1) is 0 Å². The fourth-order valence-corrected chi connectivity index (χ4v) is 31.9. The molecule has 0 atom stereocenters. The van der Waals surface area contributed by atoms with Crippen LogP contribution >= 0.6 is 63.3 Å². The molecule has 0 aliphatic rings. The van der Waals surface area contributed by atoms with E-state index in [9.17, 15) is 0 Å². The Balaban J connectivity index is 3.75. The summed E-state index contributed by atoms with van der Waals surface area (Å²) in [5.41, 5.74) is 0. The Morgan fingerprint density at radius 1 is 1.00 bits per heavy atom. The van der Waals surface area contributed by atoms with Crippen molar-refractivity contribution in [3.63, 3.8) is 0 Å². The van der Waals surface area contributed by atoms with Crippen LogP contribution in [0.25, 0.3) is 0 Å². The van der Waals surface area contributed by atoms with E-state index in [1.807, 2.05) is 0 Å². The van der Waals surface area contributed by atoms with E-state index < -0.39 is 16.5 Å². The van der Waals surface area contributed by atoms with Crippen LogP contribution in [0.2, 0.25) is 4.88 Å². The number of rotatable bonds is 2. The Labute approximate surface area is 83.7 Å². The van der Waals surface area contributed by atoms with Gasteiger partial charge in [0.1, 0.15) is 0 Å². The van der Waals surface area contributed by atoms with Gasteiger partial charge in [-0.1, -0.05) is 0 Å². The second-order valence-corrected chi connectivity index (χ2v) is 28.4. The van der Waals surface area contributed by atoms with Gasteiger partial charge in [-0.3, -0.25) is 0 Å². The average Bonchev–Trinajstić information content (AvgIpc) is 1.14. The standard InChI is InChI=1S/CH2Cl6GeSi/c2-8(3,4)1-9(5,6)7/h1H2. The van der Waals surface area contributed by atoms with Crippen molar-refractivity contribution in [1.82, 2.24) is 0 Å². The van der Waals surface area contributed by atoms with Crippen LogP contribution in [0.3, 0.4) is 0 Å². The zero-order valence-corrected chi connectivity index (χ0v) is 11.6. The Morgan fingerprint density at radius 2 is 1.33 bits per heavy atom. The van der Waals surface area contributed by atoms with E-state index in [4.69, 9.17) is 63.3 Å². The first-order valence-corrected chi connectivity index (χ1v) is 16.8. The second kappa shape index (κ2) is 3.94. The Kier molecular flexibility index (Phi) is 5.04. The molecule has 8 heteroatoms. The monoisotopic (exact) mass is 326 g/mol. The molecule has 0 N–H and O–H groups in total. The summed E-state index contributed by atoms with van der Waals surface area (Å²) in [7, 11) is 13.4. The zero-order chi connectivity index (χ0) is 7.71. The van der Waals surface area contributed by atoms with E-state index >= 15 is 0 Å². The summed E-state index contributed by atoms with van der Waals surface area (Å²) in [6, 6.07) is -2.69. The van der Waals surface area contributed by atoms with Crippen LogP contribution in [0.15, 0.2) is 0 Å². The van der Waals surface area contributed by atoms with Gasteiger partial charge in [0.2, 0.25) is 0 Å². The summed E-state index contributed by atoms with van der Waals surface area (Å²) >= 11 is 16.4. The van der Waals surface area contributed by atoms with Gasteiger partial charge < -0.3 is 0 Å². The van der Waals surface area contributed by atoms with E-state index in [0.717, 1.165) is 0 Å². The molecule has 0 aromatic rings. The minimum atomic E-state index is -3.16. The summed E-state index contributed by atoms with van der Waals surface area (Å²) in [4.78, 5) is 0.211. The molecule has 0 saturated carbocycles. The molecule has 0 unspecified atom stereocenters. The molecule has 0 aromatic carbocycles. The summed E-state index contributed by atoms with van der Waals surface area (Å²) < 4.78 is 0. The van der Waals surface area contributed by atoms with E-state index in [-0.39, 0.29) is 4.88 Å². The van der Waals surface area contributed by atoms with Gasteiger partial charge in [-0.15, -0.1) is 0 Å². The maximum atomic E-state index is 5.52. The first-order valence-electron chi connectivity index (χ1n) is 1.84. The van der Waals surface area contributed by atoms with Crippen molar-refractivity contribution < 1.29 is 0 Å². The van der Waals surface area contributed by atoms with Crippen molar-refractivity contribution in [2.75, 3.05) is 0 Å². The molecule has 0 saturated heterocycles. The molecule has 9 heavy (non-hydrogen) atoms. The molecule has 0 spiro atoms. The third kappa shape index (κ3) is 10.5. The van der Waals surface area contributed by atoms with Crippen molar-refractivity contribution in [1.29, 1.82) is 0 Å². The Bertz CT molecular complexity index is 78.2. The molecule has 0 aromatic heterocycles. The predicted molar refractivity (Wildman–Crippen MR) is 51.4 cm³/mol. The SMILES string of the molecule is Cl[Si](Cl)(Cl)[CH2][Ge]([Cl])([Cl])[Cl]. The van der Waals surface area contributed by atoms with Crippen LogP contribution in [-0.2, 0) is 0 Å². The molecule has 0 rings (SSSR count). The predicted octanol–water partition coefficient (Wildman–Crippen LogP) is 3.84. The van der Waals surface area contributed by atoms with E-state index in [2.05, 4.69) is 0 Å². The van der Waals surface area contributed by atoms with Crippen LogP contribution in [0.1, 0.15) is 0 Å². The first-order chi connectivity index (χ1) is 3.71. The molecular formula is CH2Cl6GeSi. The number of hydrogen-bond donors (Lipinski definition) is 0. The van der Waals surface area contributed by atoms with Gasteiger partial charge in [-0.25, -0.2) is 0 Å². The van der Waals surface area contributed by atoms with Gasteiger partial charge in [0.15, 0.2) is 0 Å². The average molecular weight is 327 g/mol. The maximum absolute atomic E-state index is 5.52. The molecule has 0 aliphatic heterocycles. The molecule has 56 valence electrons. The molecule has 0 aliphatic carbocycles. The van der Waals surface area contributed by atoms with Gasteiger partial charge in [0.05, 0.1) is 0 Å². The van der Waals surface area contributed by atoms with Crippen molar-refractivity contribution in [2.45, 2.75) is 4.88 Å². The van der Waals surface area contributed by atoms with Gasteiger partial charge in [-0.2, -0.15) is 0 Å². The number of hydrogen-bond acceptors (Lipinski definition) is 0. The summed E-state index contributed by atoms with van der Waals surface area (Å²) in [6.45, 7) is 0. The second-order valence-electron chi connectivity index (χ2n) is 1.41. The Morgan fingerprint density at radius 3 is 1.33 bits per heavy atom. The van der Waals surface area contributed by atoms with Crippen molar-refractivity contribution >= 4 is 79.7 Å². The minimum absolute atomic E-state index is 0.211. The van der Waals surface area contributed by atoms with Crippen LogP contribution in [0.4, 0.5) is 0 Å². The molecule has 0 bridgehead atoms. The van der Waals surface area contributed by atoms with E-state index in [1.54, 1.807) is 0 Å². The quantitative estimate of drug-likeness (QED) is 0.534. The molecule has 0 fully saturated rings. The van der Waals surface area contributed by atoms with Gasteiger partial charge in [0.25, 0.3) is 0 Å². The third-order valence-electron chi connectivity index (χ3n) is 0.401. The van der Waals surface area contributed by atoms with E-state index in [0.29, 0.717) is 0 Å².